The van der Waals surface area contributed by atoms with E-state index < -0.39 is 6.10 Å². The van der Waals surface area contributed by atoms with Gasteiger partial charge < -0.3 is 15.8 Å². The average Bonchev–Trinajstić information content (AvgIpc) is 2.23. The minimum absolute atomic E-state index is 0.172. The Kier molecular flexibility index (Phi) is 5.00. The first-order valence-corrected chi connectivity index (χ1v) is 5.55. The zero-order valence-corrected chi connectivity index (χ0v) is 10.5. The molecule has 0 spiro atoms. The molecule has 0 saturated carbocycles. The Hall–Kier alpha value is -0.660. The van der Waals surface area contributed by atoms with Gasteiger partial charge in [0.25, 0.3) is 5.91 Å². The van der Waals surface area contributed by atoms with Gasteiger partial charge in [-0.15, -0.1) is 0 Å². The number of anilines is 1. The third kappa shape index (κ3) is 3.44. The second-order valence-corrected chi connectivity index (χ2v) is 4.09. The lowest BCUT2D eigenvalue weighted by molar-refractivity contribution is -0.125. The topological polar surface area (TPSA) is 64.3 Å². The lowest BCUT2D eigenvalue weighted by Crippen LogP contribution is -2.36. The van der Waals surface area contributed by atoms with Crippen LogP contribution in [0.2, 0.25) is 0 Å². The summed E-state index contributed by atoms with van der Waals surface area (Å²) in [6.07, 6.45) is -0.596. The number of halogens is 1. The largest absolute Gasteiger partial charge is 0.370 e. The van der Waals surface area contributed by atoms with Gasteiger partial charge >= 0.3 is 0 Å². The molecule has 0 fully saturated rings. The number of hydrogen-bond acceptors (Lipinski definition) is 3. The van der Waals surface area contributed by atoms with Crippen molar-refractivity contribution >= 4 is 34.2 Å². The summed E-state index contributed by atoms with van der Waals surface area (Å²) in [4.78, 5) is 11.6. The number of ether oxygens (including phenoxy) is 1. The molecule has 0 heterocycles. The number of nitrogens with two attached hydrogens (primary N) is 1. The number of carbonyl (C=O) groups is 1. The van der Waals surface area contributed by atoms with Crippen molar-refractivity contribution in [3.05, 3.63) is 27.8 Å². The molecule has 1 aromatic carbocycles. The molecule has 3 N–H and O–H groups in total. The maximum absolute atomic E-state index is 11.6. The number of amides is 1. The van der Waals surface area contributed by atoms with E-state index in [1.165, 1.54) is 7.11 Å². The molecule has 0 aliphatic rings. The summed E-state index contributed by atoms with van der Waals surface area (Å²) in [5.74, 6) is -0.218. The molecule has 1 aromatic rings. The van der Waals surface area contributed by atoms with Crippen LogP contribution in [0.25, 0.3) is 0 Å². The number of hydrogen-bond donors (Lipinski definition) is 2. The summed E-state index contributed by atoms with van der Waals surface area (Å²) in [5.41, 5.74) is 6.16. The molecule has 0 saturated heterocycles. The molecule has 1 amide bonds. The van der Waals surface area contributed by atoms with E-state index in [4.69, 9.17) is 10.5 Å². The zero-order chi connectivity index (χ0) is 11.3. The van der Waals surface area contributed by atoms with Crippen LogP contribution in [-0.4, -0.2) is 25.7 Å². The van der Waals surface area contributed by atoms with Crippen LogP contribution in [0, 0.1) is 3.57 Å². The molecule has 0 aromatic heterocycles. The van der Waals surface area contributed by atoms with Gasteiger partial charge in [0.15, 0.2) is 0 Å². The van der Waals surface area contributed by atoms with E-state index in [1.54, 1.807) is 0 Å². The van der Waals surface area contributed by atoms with Crippen molar-refractivity contribution in [3.8, 4) is 0 Å². The van der Waals surface area contributed by atoms with Crippen LogP contribution in [0.5, 0.6) is 0 Å². The fourth-order valence-electron chi connectivity index (χ4n) is 1.09. The Labute approximate surface area is 102 Å². The molecule has 0 radical (unpaired) electrons. The molecule has 0 aliphatic heterocycles. The fourth-order valence-corrected chi connectivity index (χ4v) is 1.61. The number of methoxy groups -OCH3 is 1. The normalized spacial score (nSPS) is 12.2. The number of rotatable bonds is 4. The SMILES string of the molecule is COC(CN)C(=O)Nc1ccccc1I. The highest BCUT2D eigenvalue weighted by Gasteiger charge is 2.16. The van der Waals surface area contributed by atoms with E-state index in [-0.39, 0.29) is 12.5 Å². The first kappa shape index (κ1) is 12.4. The molecule has 1 rings (SSSR count). The van der Waals surface area contributed by atoms with Crippen molar-refractivity contribution < 1.29 is 9.53 Å². The summed E-state index contributed by atoms with van der Waals surface area (Å²) < 4.78 is 5.92. The third-order valence-corrected chi connectivity index (χ3v) is 2.86. The number of nitrogens with one attached hydrogen (secondary N) is 1. The Morgan fingerprint density at radius 3 is 2.80 bits per heavy atom. The van der Waals surface area contributed by atoms with Crippen LogP contribution in [0.15, 0.2) is 24.3 Å². The number of para-hydroxylation sites is 1. The Balaban J connectivity index is 2.70. The molecular formula is C10H13IN2O2. The Bertz CT molecular complexity index is 340. The van der Waals surface area contributed by atoms with Crippen LogP contribution in [-0.2, 0) is 9.53 Å². The van der Waals surface area contributed by atoms with Gasteiger partial charge in [0.1, 0.15) is 6.10 Å². The zero-order valence-electron chi connectivity index (χ0n) is 8.37. The van der Waals surface area contributed by atoms with E-state index >= 15 is 0 Å². The monoisotopic (exact) mass is 320 g/mol. The van der Waals surface area contributed by atoms with Crippen LogP contribution < -0.4 is 11.1 Å². The van der Waals surface area contributed by atoms with Gasteiger partial charge in [0.05, 0.1) is 5.69 Å². The molecule has 15 heavy (non-hydrogen) atoms. The molecule has 5 heteroatoms. The van der Waals surface area contributed by atoms with Crippen LogP contribution in [0.1, 0.15) is 0 Å². The molecule has 1 atom stereocenters. The predicted octanol–water partition coefficient (Wildman–Crippen LogP) is 1.20. The van der Waals surface area contributed by atoms with Gasteiger partial charge in [-0.05, 0) is 34.7 Å². The summed E-state index contributed by atoms with van der Waals surface area (Å²) in [6, 6.07) is 7.53. The van der Waals surface area contributed by atoms with E-state index in [0.717, 1.165) is 9.26 Å². The van der Waals surface area contributed by atoms with Gasteiger partial charge in [-0.3, -0.25) is 4.79 Å². The number of benzene rings is 1. The van der Waals surface area contributed by atoms with E-state index in [2.05, 4.69) is 27.9 Å². The van der Waals surface area contributed by atoms with Crippen molar-refractivity contribution in [2.45, 2.75) is 6.10 Å². The van der Waals surface area contributed by atoms with Crippen molar-refractivity contribution in [1.82, 2.24) is 0 Å². The summed E-state index contributed by atoms with van der Waals surface area (Å²) >= 11 is 2.15. The molecule has 0 bridgehead atoms. The van der Waals surface area contributed by atoms with E-state index in [0.29, 0.717) is 0 Å². The lowest BCUT2D eigenvalue weighted by Gasteiger charge is -2.13. The van der Waals surface area contributed by atoms with E-state index in [9.17, 15) is 4.79 Å². The van der Waals surface area contributed by atoms with Crippen molar-refractivity contribution in [2.75, 3.05) is 19.0 Å². The highest BCUT2D eigenvalue weighted by molar-refractivity contribution is 14.1. The summed E-state index contributed by atoms with van der Waals surface area (Å²) in [7, 11) is 1.47. The Morgan fingerprint density at radius 2 is 2.27 bits per heavy atom. The summed E-state index contributed by atoms with van der Waals surface area (Å²) in [6.45, 7) is 0.172. The van der Waals surface area contributed by atoms with Gasteiger partial charge in [0.2, 0.25) is 0 Å². The van der Waals surface area contributed by atoms with Crippen LogP contribution in [0.3, 0.4) is 0 Å². The lowest BCUT2D eigenvalue weighted by atomic mass is 10.3. The highest BCUT2D eigenvalue weighted by atomic mass is 127. The van der Waals surface area contributed by atoms with E-state index in [1.807, 2.05) is 24.3 Å². The quantitative estimate of drug-likeness (QED) is 0.820. The molecule has 82 valence electrons. The van der Waals surface area contributed by atoms with Crippen molar-refractivity contribution in [1.29, 1.82) is 0 Å². The van der Waals surface area contributed by atoms with Crippen molar-refractivity contribution in [2.24, 2.45) is 5.73 Å². The third-order valence-electron chi connectivity index (χ3n) is 1.92. The van der Waals surface area contributed by atoms with Crippen LogP contribution in [0.4, 0.5) is 5.69 Å². The maximum Gasteiger partial charge on any atom is 0.254 e. The smallest absolute Gasteiger partial charge is 0.254 e. The Morgan fingerprint density at radius 1 is 1.60 bits per heavy atom. The molecule has 1 unspecified atom stereocenters. The second-order valence-electron chi connectivity index (χ2n) is 2.93. The number of carbonyl (C=O) groups excluding carboxylic acids is 1. The minimum Gasteiger partial charge on any atom is -0.370 e. The minimum atomic E-state index is -0.596. The fraction of sp³-hybridized carbons (Fsp3) is 0.300. The highest BCUT2D eigenvalue weighted by Crippen LogP contribution is 2.17. The molecule has 4 nitrogen and oxygen atoms in total. The van der Waals surface area contributed by atoms with Gasteiger partial charge in [-0.25, -0.2) is 0 Å². The second kappa shape index (κ2) is 6.04. The first-order chi connectivity index (χ1) is 7.19. The predicted molar refractivity (Wildman–Crippen MR) is 67.6 cm³/mol. The average molecular weight is 320 g/mol. The summed E-state index contributed by atoms with van der Waals surface area (Å²) in [5, 5.41) is 2.76. The van der Waals surface area contributed by atoms with Crippen LogP contribution >= 0.6 is 22.6 Å². The van der Waals surface area contributed by atoms with Gasteiger partial charge in [-0.2, -0.15) is 0 Å². The van der Waals surface area contributed by atoms with Crippen molar-refractivity contribution in [3.63, 3.8) is 0 Å². The van der Waals surface area contributed by atoms with Gasteiger partial charge in [-0.1, -0.05) is 12.1 Å². The standard InChI is InChI=1S/C10H13IN2O2/c1-15-9(6-12)10(14)13-8-5-3-2-4-7(8)11/h2-5,9H,6,12H2,1H3,(H,13,14). The molecular weight excluding hydrogens is 307 g/mol. The first-order valence-electron chi connectivity index (χ1n) is 4.47. The molecule has 0 aliphatic carbocycles. The maximum atomic E-state index is 11.6. The van der Waals surface area contributed by atoms with Gasteiger partial charge in [0, 0.05) is 17.2 Å².